The zero-order valence-corrected chi connectivity index (χ0v) is 26.6. The van der Waals surface area contributed by atoms with Gasteiger partial charge in [0, 0.05) is 39.3 Å². The van der Waals surface area contributed by atoms with Crippen molar-refractivity contribution in [1.82, 2.24) is 19.6 Å². The lowest BCUT2D eigenvalue weighted by molar-refractivity contribution is -0.149. The highest BCUT2D eigenvalue weighted by Gasteiger charge is 2.51. The summed E-state index contributed by atoms with van der Waals surface area (Å²) in [5, 5.41) is 31.3. The number of rotatable bonds is 12. The van der Waals surface area contributed by atoms with Gasteiger partial charge in [0.1, 0.15) is 0 Å². The van der Waals surface area contributed by atoms with Gasteiger partial charge in [0.05, 0.1) is 37.3 Å². The molecule has 2 aromatic rings. The molecule has 0 aliphatic carbocycles. The zero-order chi connectivity index (χ0) is 33.5. The first-order valence-corrected chi connectivity index (χ1v) is 16.2. The van der Waals surface area contributed by atoms with Gasteiger partial charge >= 0.3 is 0 Å². The van der Waals surface area contributed by atoms with Gasteiger partial charge in [-0.05, 0) is 44.9 Å². The minimum atomic E-state index is -0.814. The molecule has 17 nitrogen and oxygen atoms in total. The predicted octanol–water partition coefficient (Wildman–Crippen LogP) is 1.04. The third kappa shape index (κ3) is 7.38. The molecule has 252 valence electrons. The molecule has 0 radical (unpaired) electrons. The van der Waals surface area contributed by atoms with Crippen LogP contribution in [-0.2, 0) is 27.2 Å². The van der Waals surface area contributed by atoms with E-state index in [9.17, 15) is 9.59 Å². The van der Waals surface area contributed by atoms with Crippen LogP contribution in [0.25, 0.3) is 0 Å². The van der Waals surface area contributed by atoms with E-state index in [-0.39, 0.29) is 43.8 Å². The summed E-state index contributed by atoms with van der Waals surface area (Å²) in [6, 6.07) is 16.7. The van der Waals surface area contributed by atoms with E-state index in [4.69, 9.17) is 11.5 Å². The van der Waals surface area contributed by atoms with Crippen LogP contribution in [0.5, 0.6) is 0 Å². The van der Waals surface area contributed by atoms with E-state index in [2.05, 4.69) is 41.4 Å². The van der Waals surface area contributed by atoms with Gasteiger partial charge in [-0.15, -0.1) is 20.5 Å². The molecule has 2 aromatic carbocycles. The van der Waals surface area contributed by atoms with Crippen molar-refractivity contribution in [2.24, 2.45) is 52.8 Å². The lowest BCUT2D eigenvalue weighted by Gasteiger charge is -2.52. The minimum absolute atomic E-state index is 0.153. The number of nitrogens with zero attached hydrogens (tertiary/aromatic N) is 12. The number of ketones is 1. The molecular weight excluding hydrogens is 616 g/mol. The van der Waals surface area contributed by atoms with E-state index in [1.54, 1.807) is 9.80 Å². The molecule has 0 spiro atoms. The normalized spacial score (nSPS) is 25.0. The number of hydrogen-bond donors (Lipinski definition) is 2. The Morgan fingerprint density at radius 1 is 0.583 bits per heavy atom. The van der Waals surface area contributed by atoms with E-state index in [1.807, 2.05) is 70.5 Å². The molecule has 2 amide bonds. The average Bonchev–Trinajstić information content (AvgIpc) is 3.83. The monoisotopic (exact) mass is 656 g/mol. The van der Waals surface area contributed by atoms with Crippen LogP contribution in [0.4, 0.5) is 0 Å². The summed E-state index contributed by atoms with van der Waals surface area (Å²) in [5.41, 5.74) is 13.8. The van der Waals surface area contributed by atoms with E-state index in [0.29, 0.717) is 39.0 Å². The summed E-state index contributed by atoms with van der Waals surface area (Å²) in [5.74, 6) is -0.650. The Morgan fingerprint density at radius 2 is 0.958 bits per heavy atom. The van der Waals surface area contributed by atoms with Gasteiger partial charge in [-0.1, -0.05) is 60.7 Å². The van der Waals surface area contributed by atoms with Gasteiger partial charge in [-0.2, -0.15) is 0 Å². The minimum Gasteiger partial charge on any atom is -0.335 e. The first kappa shape index (κ1) is 33.2. The number of benzene rings is 2. The standard InChI is InChI=1S/C31H40N14O3/c32-17-27(46)44-13-11-42(19-25-34-38-39-35-25)29(23(44)15-21-7-3-1-4-8-21)31(48)30-24(16-22-9-5-2-6-10-22)45(28(47)18-33)14-12-43(30)20-26-36-40-41-37-26/h1-10,23-26,29-30H,11-20,32-33H2/t23-,24-,29?,30?/m0/s1. The van der Waals surface area contributed by atoms with Gasteiger partial charge in [0.15, 0.2) is 18.1 Å². The highest BCUT2D eigenvalue weighted by Crippen LogP contribution is 2.31. The highest BCUT2D eigenvalue weighted by atomic mass is 16.2. The second-order valence-corrected chi connectivity index (χ2v) is 12.2. The summed E-state index contributed by atoms with van der Waals surface area (Å²) >= 11 is 0. The summed E-state index contributed by atoms with van der Waals surface area (Å²) in [7, 11) is 0. The molecule has 17 heteroatoms. The largest absolute Gasteiger partial charge is 0.335 e. The molecular formula is C31H40N14O3. The molecule has 48 heavy (non-hydrogen) atoms. The van der Waals surface area contributed by atoms with Crippen molar-refractivity contribution in [2.75, 3.05) is 52.4 Å². The third-order valence-corrected chi connectivity index (χ3v) is 9.34. The molecule has 6 rings (SSSR count). The van der Waals surface area contributed by atoms with Crippen molar-refractivity contribution < 1.29 is 14.4 Å². The van der Waals surface area contributed by atoms with Crippen molar-refractivity contribution in [1.29, 1.82) is 0 Å². The molecule has 2 unspecified atom stereocenters. The Balaban J connectivity index is 1.45. The second kappa shape index (κ2) is 15.5. The van der Waals surface area contributed by atoms with Crippen LogP contribution < -0.4 is 11.5 Å². The Morgan fingerprint density at radius 3 is 1.31 bits per heavy atom. The molecule has 2 saturated heterocycles. The van der Waals surface area contributed by atoms with Crippen molar-refractivity contribution >= 4 is 17.6 Å². The predicted molar refractivity (Wildman–Crippen MR) is 172 cm³/mol. The van der Waals surface area contributed by atoms with E-state index in [1.165, 1.54) is 0 Å². The SMILES string of the molecule is NCC(=O)N1CCN(CC2N=NN=N2)C(C(=O)C2[C@H](Cc3ccccc3)N(C(=O)CN)CCN2CC2N=NN=N2)[C@@H]1Cc1ccccc1. The second-order valence-electron chi connectivity index (χ2n) is 12.2. The van der Waals surface area contributed by atoms with Crippen molar-refractivity contribution in [3.63, 3.8) is 0 Å². The van der Waals surface area contributed by atoms with Gasteiger partial charge in [0.2, 0.25) is 11.8 Å². The molecule has 4 aliphatic rings. The third-order valence-electron chi connectivity index (χ3n) is 9.34. The van der Waals surface area contributed by atoms with Gasteiger partial charge in [0.25, 0.3) is 0 Å². The molecule has 0 bridgehead atoms. The number of piperazine rings is 2. The van der Waals surface area contributed by atoms with Crippen molar-refractivity contribution in [3.8, 4) is 0 Å². The topological polar surface area (TPSA) is 215 Å². The fraction of sp³-hybridized carbons (Fsp3) is 0.516. The zero-order valence-electron chi connectivity index (χ0n) is 26.6. The van der Waals surface area contributed by atoms with Crippen LogP contribution in [0.15, 0.2) is 102 Å². The quantitative estimate of drug-likeness (QED) is 0.338. The first-order valence-electron chi connectivity index (χ1n) is 16.2. The van der Waals surface area contributed by atoms with E-state index < -0.39 is 36.5 Å². The van der Waals surface area contributed by atoms with Gasteiger partial charge in [-0.3, -0.25) is 24.2 Å². The number of carbonyl (C=O) groups excluding carboxylic acids is 3. The summed E-state index contributed by atoms with van der Waals surface area (Å²) in [6.07, 6.45) is -0.377. The van der Waals surface area contributed by atoms with Crippen molar-refractivity contribution in [2.45, 2.75) is 49.3 Å². The molecule has 4 atom stereocenters. The van der Waals surface area contributed by atoms with Crippen LogP contribution >= 0.6 is 0 Å². The average molecular weight is 657 g/mol. The molecule has 2 fully saturated rings. The van der Waals surface area contributed by atoms with E-state index in [0.717, 1.165) is 11.1 Å². The molecule has 4 N–H and O–H groups in total. The maximum absolute atomic E-state index is 15.6. The van der Waals surface area contributed by atoms with Crippen LogP contribution in [0.2, 0.25) is 0 Å². The first-order chi connectivity index (χ1) is 23.5. The number of nitrogens with two attached hydrogens (primary N) is 2. The van der Waals surface area contributed by atoms with Crippen molar-refractivity contribution in [3.05, 3.63) is 71.8 Å². The molecule has 0 saturated carbocycles. The van der Waals surface area contributed by atoms with E-state index >= 15 is 4.79 Å². The molecule has 0 aromatic heterocycles. The fourth-order valence-electron chi connectivity index (χ4n) is 7.18. The van der Waals surface area contributed by atoms with Gasteiger partial charge < -0.3 is 21.3 Å². The number of carbonyl (C=O) groups is 3. The van der Waals surface area contributed by atoms with Crippen LogP contribution in [0, 0.1) is 0 Å². The number of amides is 2. The highest BCUT2D eigenvalue weighted by molar-refractivity contribution is 5.93. The van der Waals surface area contributed by atoms with Gasteiger partial charge in [-0.25, -0.2) is 0 Å². The Bertz CT molecular complexity index is 1420. The lowest BCUT2D eigenvalue weighted by Crippen LogP contribution is -2.72. The summed E-state index contributed by atoms with van der Waals surface area (Å²) in [6.45, 7) is 1.63. The van der Waals surface area contributed by atoms with Crippen LogP contribution in [0.1, 0.15) is 11.1 Å². The molecule has 4 aliphatic heterocycles. The Hall–Kier alpha value is -4.71. The number of hydrogen-bond acceptors (Lipinski definition) is 15. The Labute approximate surface area is 277 Å². The fourth-order valence-corrected chi connectivity index (χ4v) is 7.18. The summed E-state index contributed by atoms with van der Waals surface area (Å²) in [4.78, 5) is 50.0. The maximum Gasteiger partial charge on any atom is 0.236 e. The lowest BCUT2D eigenvalue weighted by atomic mass is 9.82. The maximum atomic E-state index is 15.6. The van der Waals surface area contributed by atoms with Crippen LogP contribution in [-0.4, -0.2) is 126 Å². The molecule has 4 heterocycles. The summed E-state index contributed by atoms with van der Waals surface area (Å²) < 4.78 is 0. The smallest absolute Gasteiger partial charge is 0.236 e. The Kier molecular flexibility index (Phi) is 10.7. The van der Waals surface area contributed by atoms with Crippen LogP contribution in [0.3, 0.4) is 0 Å². The number of Topliss-reactive ketones (excluding diaryl/α,β-unsaturated/α-hetero) is 1.